The molecule has 0 aliphatic carbocycles. The Bertz CT molecular complexity index is 1640. The van der Waals surface area contributed by atoms with E-state index in [1.165, 1.54) is 24.3 Å². The van der Waals surface area contributed by atoms with E-state index in [2.05, 4.69) is 9.97 Å². The Labute approximate surface area is 201 Å². The fourth-order valence-corrected chi connectivity index (χ4v) is 3.91. The Hall–Kier alpha value is -5.38. The number of aromatic nitrogens is 2. The molecule has 0 unspecified atom stereocenters. The third kappa shape index (κ3) is 3.36. The Kier molecular flexibility index (Phi) is 4.45. The predicted molar refractivity (Wildman–Crippen MR) is 128 cm³/mol. The van der Waals surface area contributed by atoms with Gasteiger partial charge >= 0.3 is 0 Å². The van der Waals surface area contributed by atoms with Crippen LogP contribution in [0.15, 0.2) is 69.5 Å². The first kappa shape index (κ1) is 21.2. The maximum absolute atomic E-state index is 9.78. The summed E-state index contributed by atoms with van der Waals surface area (Å²) in [5.74, 6) is -2.91. The molecular formula is C26H16N2O8. The van der Waals surface area contributed by atoms with Gasteiger partial charge in [-0.15, -0.1) is 0 Å². The molecule has 0 atom stereocenters. The number of aromatic hydroxyl groups is 6. The zero-order valence-electron chi connectivity index (χ0n) is 18.2. The van der Waals surface area contributed by atoms with E-state index >= 15 is 0 Å². The molecule has 0 radical (unpaired) electrons. The molecule has 10 nitrogen and oxygen atoms in total. The molecular weight excluding hydrogens is 468 g/mol. The molecule has 0 aliphatic rings. The van der Waals surface area contributed by atoms with Gasteiger partial charge in [-0.25, -0.2) is 9.97 Å². The quantitative estimate of drug-likeness (QED) is 0.183. The maximum Gasteiger partial charge on any atom is 0.227 e. The second-order valence-electron chi connectivity index (χ2n) is 8.13. The molecule has 10 heteroatoms. The van der Waals surface area contributed by atoms with E-state index in [1.807, 2.05) is 12.1 Å². The molecule has 36 heavy (non-hydrogen) atoms. The average Bonchev–Trinajstić information content (AvgIpc) is 3.48. The van der Waals surface area contributed by atoms with Crippen LogP contribution in [0.2, 0.25) is 0 Å². The maximum atomic E-state index is 9.78. The van der Waals surface area contributed by atoms with Crippen LogP contribution in [0.5, 0.6) is 34.5 Å². The number of nitrogens with zero attached hydrogens (tertiary/aromatic N) is 2. The molecule has 0 aliphatic heterocycles. The van der Waals surface area contributed by atoms with Crippen molar-refractivity contribution >= 4 is 22.2 Å². The van der Waals surface area contributed by atoms with Gasteiger partial charge in [-0.2, -0.15) is 0 Å². The van der Waals surface area contributed by atoms with Gasteiger partial charge in [0.2, 0.25) is 11.8 Å². The molecule has 2 aromatic heterocycles. The number of hydrogen-bond donors (Lipinski definition) is 6. The van der Waals surface area contributed by atoms with Crippen LogP contribution in [0, 0.1) is 0 Å². The summed E-state index contributed by atoms with van der Waals surface area (Å²) in [7, 11) is 0. The van der Waals surface area contributed by atoms with E-state index in [-0.39, 0.29) is 11.8 Å². The lowest BCUT2D eigenvalue weighted by Gasteiger charge is -2.02. The number of phenols is 6. The van der Waals surface area contributed by atoms with Gasteiger partial charge in [0.15, 0.2) is 45.7 Å². The third-order valence-electron chi connectivity index (χ3n) is 5.74. The number of oxazole rings is 2. The van der Waals surface area contributed by atoms with Crippen molar-refractivity contribution in [2.75, 3.05) is 0 Å². The van der Waals surface area contributed by atoms with E-state index in [0.717, 1.165) is 11.1 Å². The van der Waals surface area contributed by atoms with Crippen LogP contribution in [0.25, 0.3) is 56.2 Å². The summed E-state index contributed by atoms with van der Waals surface area (Å²) < 4.78 is 11.7. The lowest BCUT2D eigenvalue weighted by atomic mass is 10.1. The Morgan fingerprint density at radius 3 is 1.17 bits per heavy atom. The van der Waals surface area contributed by atoms with Gasteiger partial charge in [0, 0.05) is 11.1 Å². The van der Waals surface area contributed by atoms with Crippen LogP contribution < -0.4 is 0 Å². The molecule has 178 valence electrons. The van der Waals surface area contributed by atoms with Crippen LogP contribution in [0.3, 0.4) is 0 Å². The van der Waals surface area contributed by atoms with Crippen molar-refractivity contribution in [1.82, 2.24) is 9.97 Å². The van der Waals surface area contributed by atoms with Gasteiger partial charge in [-0.1, -0.05) is 12.1 Å². The van der Waals surface area contributed by atoms with Crippen molar-refractivity contribution in [2.24, 2.45) is 0 Å². The topological polar surface area (TPSA) is 173 Å². The zero-order chi connectivity index (χ0) is 25.1. The summed E-state index contributed by atoms with van der Waals surface area (Å²) in [6.45, 7) is 0. The molecule has 6 aromatic rings. The highest BCUT2D eigenvalue weighted by Crippen LogP contribution is 2.41. The summed E-state index contributed by atoms with van der Waals surface area (Å²) in [4.78, 5) is 8.76. The lowest BCUT2D eigenvalue weighted by Crippen LogP contribution is -1.79. The zero-order valence-corrected chi connectivity index (χ0v) is 18.2. The molecule has 0 saturated heterocycles. The normalized spacial score (nSPS) is 11.4. The minimum atomic E-state index is -0.623. The molecule has 0 spiro atoms. The highest BCUT2D eigenvalue weighted by Gasteiger charge is 2.17. The first-order chi connectivity index (χ1) is 17.3. The molecule has 6 rings (SSSR count). The van der Waals surface area contributed by atoms with Gasteiger partial charge in [0.05, 0.1) is 0 Å². The highest BCUT2D eigenvalue weighted by molar-refractivity contribution is 5.86. The predicted octanol–water partition coefficient (Wildman–Crippen LogP) is 5.20. The van der Waals surface area contributed by atoms with Crippen molar-refractivity contribution in [2.45, 2.75) is 0 Å². The second-order valence-corrected chi connectivity index (χ2v) is 8.13. The first-order valence-corrected chi connectivity index (χ1v) is 10.6. The minimum absolute atomic E-state index is 0.156. The number of rotatable bonds is 3. The van der Waals surface area contributed by atoms with Gasteiger partial charge in [-0.3, -0.25) is 0 Å². The third-order valence-corrected chi connectivity index (χ3v) is 5.74. The summed E-state index contributed by atoms with van der Waals surface area (Å²) >= 11 is 0. The average molecular weight is 484 g/mol. The fraction of sp³-hybridized carbons (Fsp3) is 0. The number of fused-ring (bicyclic) bond motifs is 2. The van der Waals surface area contributed by atoms with Crippen molar-refractivity contribution in [1.29, 1.82) is 0 Å². The Morgan fingerprint density at radius 1 is 0.444 bits per heavy atom. The standard InChI is InChI=1S/C26H16N2O8/c29-17-5-13(6-18(30)23(17)33)25-27-15-3-1-11(9-21(15)35-25)12-2-4-16-22(10-12)36-26(28-16)14-7-19(31)24(34)20(32)8-14/h1-10,29-34H. The van der Waals surface area contributed by atoms with E-state index in [9.17, 15) is 30.6 Å². The van der Waals surface area contributed by atoms with E-state index in [1.54, 1.807) is 24.3 Å². The van der Waals surface area contributed by atoms with E-state index in [4.69, 9.17) is 8.83 Å². The van der Waals surface area contributed by atoms with E-state index in [0.29, 0.717) is 33.3 Å². The van der Waals surface area contributed by atoms with Crippen LogP contribution in [0.4, 0.5) is 0 Å². The van der Waals surface area contributed by atoms with Gasteiger partial charge in [-0.05, 0) is 59.7 Å². The number of phenolic OH excluding ortho intramolecular Hbond substituents is 6. The lowest BCUT2D eigenvalue weighted by molar-refractivity contribution is 0.368. The largest absolute Gasteiger partial charge is 0.504 e. The monoisotopic (exact) mass is 484 g/mol. The summed E-state index contributed by atoms with van der Waals surface area (Å²) in [6.07, 6.45) is 0. The number of benzene rings is 4. The number of hydrogen-bond acceptors (Lipinski definition) is 10. The van der Waals surface area contributed by atoms with Crippen LogP contribution in [-0.4, -0.2) is 40.6 Å². The van der Waals surface area contributed by atoms with Gasteiger partial charge < -0.3 is 39.5 Å². The van der Waals surface area contributed by atoms with E-state index < -0.39 is 34.5 Å². The van der Waals surface area contributed by atoms with Crippen LogP contribution >= 0.6 is 0 Å². The van der Waals surface area contributed by atoms with Crippen molar-refractivity contribution < 1.29 is 39.5 Å². The SMILES string of the molecule is Oc1cc(-c2nc3ccc(-c4ccc5nc(-c6cc(O)c(O)c(O)c6)oc5c4)cc3o2)cc(O)c1O. The summed E-state index contributed by atoms with van der Waals surface area (Å²) in [5.41, 5.74) is 4.20. The molecule has 0 saturated carbocycles. The molecule has 6 N–H and O–H groups in total. The molecule has 0 amide bonds. The molecule has 0 fully saturated rings. The molecule has 4 aromatic carbocycles. The fourth-order valence-electron chi connectivity index (χ4n) is 3.91. The first-order valence-electron chi connectivity index (χ1n) is 10.6. The molecule has 2 heterocycles. The smallest absolute Gasteiger partial charge is 0.227 e. The van der Waals surface area contributed by atoms with Crippen molar-refractivity contribution in [3.63, 3.8) is 0 Å². The second kappa shape index (κ2) is 7.57. The summed E-state index contributed by atoms with van der Waals surface area (Å²) in [6, 6.07) is 15.7. The summed E-state index contributed by atoms with van der Waals surface area (Å²) in [5, 5.41) is 58.2. The van der Waals surface area contributed by atoms with Gasteiger partial charge in [0.25, 0.3) is 0 Å². The minimum Gasteiger partial charge on any atom is -0.504 e. The van der Waals surface area contributed by atoms with Crippen LogP contribution in [0.1, 0.15) is 0 Å². The van der Waals surface area contributed by atoms with Gasteiger partial charge in [0.1, 0.15) is 11.0 Å². The highest BCUT2D eigenvalue weighted by atomic mass is 16.4. The van der Waals surface area contributed by atoms with Crippen molar-refractivity contribution in [3.8, 4) is 68.5 Å². The van der Waals surface area contributed by atoms with Crippen LogP contribution in [-0.2, 0) is 0 Å². The Balaban J connectivity index is 1.38. The van der Waals surface area contributed by atoms with Crippen molar-refractivity contribution in [3.05, 3.63) is 60.7 Å². The Morgan fingerprint density at radius 2 is 0.806 bits per heavy atom. The molecule has 0 bridgehead atoms.